The van der Waals surface area contributed by atoms with E-state index in [1.807, 2.05) is 4.90 Å². The van der Waals surface area contributed by atoms with Crippen LogP contribution in [0, 0.1) is 0 Å². The Morgan fingerprint density at radius 3 is 2.82 bits per heavy atom. The Labute approximate surface area is 129 Å². The molecule has 1 aliphatic heterocycles. The van der Waals surface area contributed by atoms with Crippen LogP contribution in [0.4, 0.5) is 0 Å². The summed E-state index contributed by atoms with van der Waals surface area (Å²) >= 11 is 0. The molecule has 0 unspecified atom stereocenters. The predicted octanol–water partition coefficient (Wildman–Crippen LogP) is 2.23. The number of carbonyl (C=O) groups is 1. The van der Waals surface area contributed by atoms with Gasteiger partial charge in [-0.3, -0.25) is 9.36 Å². The molecule has 0 bridgehead atoms. The van der Waals surface area contributed by atoms with E-state index in [1.165, 1.54) is 0 Å². The molecule has 3 heterocycles. The van der Waals surface area contributed by atoms with Crippen molar-refractivity contribution in [1.82, 2.24) is 24.6 Å². The molecule has 0 N–H and O–H groups in total. The molecule has 1 atom stereocenters. The fraction of sp³-hybridized carbons (Fsp3) is 0.375. The Hall–Kier alpha value is -2.50. The zero-order valence-corrected chi connectivity index (χ0v) is 12.6. The van der Waals surface area contributed by atoms with Crippen LogP contribution in [0.2, 0.25) is 0 Å². The normalized spacial score (nSPS) is 17.1. The summed E-state index contributed by atoms with van der Waals surface area (Å²) < 4.78 is 1.70. The summed E-state index contributed by atoms with van der Waals surface area (Å²) in [6, 6.07) is 3.83. The highest BCUT2D eigenvalue weighted by molar-refractivity contribution is 5.94. The van der Waals surface area contributed by atoms with E-state index in [1.54, 1.807) is 35.6 Å². The fourth-order valence-corrected chi connectivity index (χ4v) is 2.62. The van der Waals surface area contributed by atoms with Crippen LogP contribution < -0.4 is 0 Å². The van der Waals surface area contributed by atoms with E-state index in [-0.39, 0.29) is 11.9 Å². The van der Waals surface area contributed by atoms with Gasteiger partial charge in [0.05, 0.1) is 11.6 Å². The van der Waals surface area contributed by atoms with Crippen LogP contribution in [0.3, 0.4) is 0 Å². The smallest absolute Gasteiger partial charge is 0.256 e. The van der Waals surface area contributed by atoms with Crippen molar-refractivity contribution in [2.45, 2.75) is 32.2 Å². The van der Waals surface area contributed by atoms with Gasteiger partial charge in [0.2, 0.25) is 0 Å². The third-order valence-corrected chi connectivity index (χ3v) is 3.85. The summed E-state index contributed by atoms with van der Waals surface area (Å²) in [5, 5.41) is 7.49. The molecule has 22 heavy (non-hydrogen) atoms. The number of nitrogens with zero attached hydrogens (tertiary/aromatic N) is 5. The van der Waals surface area contributed by atoms with Gasteiger partial charge in [0.25, 0.3) is 5.91 Å². The van der Waals surface area contributed by atoms with Gasteiger partial charge in [0.15, 0.2) is 0 Å². The topological polar surface area (TPSA) is 63.9 Å². The number of unbranched alkanes of at least 4 members (excludes halogenated alkanes) is 1. The molecule has 0 aromatic carbocycles. The highest BCUT2D eigenvalue weighted by atomic mass is 16.2. The quantitative estimate of drug-likeness (QED) is 0.794. The molecule has 0 saturated carbocycles. The Balaban J connectivity index is 1.72. The number of pyridine rings is 1. The third kappa shape index (κ3) is 2.90. The van der Waals surface area contributed by atoms with Gasteiger partial charge < -0.3 is 4.90 Å². The summed E-state index contributed by atoms with van der Waals surface area (Å²) in [7, 11) is 0. The van der Waals surface area contributed by atoms with E-state index in [0.717, 1.165) is 19.3 Å². The first-order chi connectivity index (χ1) is 10.8. The Morgan fingerprint density at radius 2 is 2.14 bits per heavy atom. The molecule has 6 nitrogen and oxygen atoms in total. The Bertz CT molecular complexity index is 648. The largest absolute Gasteiger partial charge is 0.328 e. The first-order valence-electron chi connectivity index (χ1n) is 7.58. The maximum absolute atomic E-state index is 12.6. The maximum atomic E-state index is 12.6. The van der Waals surface area contributed by atoms with E-state index >= 15 is 0 Å². The molecule has 114 valence electrons. The van der Waals surface area contributed by atoms with Gasteiger partial charge in [-0.1, -0.05) is 31.9 Å². The molecule has 2 aromatic heterocycles. The molecule has 0 fully saturated rings. The maximum Gasteiger partial charge on any atom is 0.256 e. The van der Waals surface area contributed by atoms with Gasteiger partial charge in [-0.25, -0.2) is 4.98 Å². The van der Waals surface area contributed by atoms with Gasteiger partial charge in [-0.15, -0.1) is 10.2 Å². The third-order valence-electron chi connectivity index (χ3n) is 3.85. The van der Waals surface area contributed by atoms with Crippen molar-refractivity contribution in [2.75, 3.05) is 6.54 Å². The number of carbonyl (C=O) groups excluding carboxylic acids is 1. The summed E-state index contributed by atoms with van der Waals surface area (Å²) in [5.74, 6) is 0.734. The van der Waals surface area contributed by atoms with Crippen LogP contribution in [0.5, 0.6) is 0 Å². The molecule has 2 aromatic rings. The van der Waals surface area contributed by atoms with E-state index < -0.39 is 0 Å². The zero-order chi connectivity index (χ0) is 15.4. The number of rotatable bonds is 5. The molecule has 3 rings (SSSR count). The van der Waals surface area contributed by atoms with E-state index in [0.29, 0.717) is 17.9 Å². The lowest BCUT2D eigenvalue weighted by Crippen LogP contribution is -2.36. The zero-order valence-electron chi connectivity index (χ0n) is 12.6. The van der Waals surface area contributed by atoms with Crippen LogP contribution in [0.1, 0.15) is 36.5 Å². The lowest BCUT2D eigenvalue weighted by molar-refractivity contribution is 0.0743. The molecule has 0 radical (unpaired) electrons. The van der Waals surface area contributed by atoms with Gasteiger partial charge in [-0.05, 0) is 18.6 Å². The van der Waals surface area contributed by atoms with Gasteiger partial charge in [0.1, 0.15) is 18.5 Å². The number of hydrogen-bond acceptors (Lipinski definition) is 4. The van der Waals surface area contributed by atoms with Crippen LogP contribution in [0.15, 0.2) is 43.1 Å². The van der Waals surface area contributed by atoms with Gasteiger partial charge in [-0.2, -0.15) is 0 Å². The van der Waals surface area contributed by atoms with Crippen molar-refractivity contribution >= 4 is 5.91 Å². The lowest BCUT2D eigenvalue weighted by atomic mass is 10.1. The number of amides is 1. The van der Waals surface area contributed by atoms with E-state index in [2.05, 4.69) is 34.3 Å². The summed E-state index contributed by atoms with van der Waals surface area (Å²) in [5.41, 5.74) is 0.613. The second-order valence-corrected chi connectivity index (χ2v) is 5.37. The molecular weight excluding hydrogens is 278 g/mol. The SMILES string of the molecule is CCCC[C@H]1C=CCN1C(=O)c1ccc(-n2cnnc2)nc1. The van der Waals surface area contributed by atoms with E-state index in [9.17, 15) is 4.79 Å². The first-order valence-corrected chi connectivity index (χ1v) is 7.58. The molecule has 1 aliphatic rings. The molecule has 6 heteroatoms. The molecule has 0 saturated heterocycles. The summed E-state index contributed by atoms with van der Waals surface area (Å²) in [4.78, 5) is 18.9. The highest BCUT2D eigenvalue weighted by Gasteiger charge is 2.25. The summed E-state index contributed by atoms with van der Waals surface area (Å²) in [6.07, 6.45) is 12.3. The second-order valence-electron chi connectivity index (χ2n) is 5.37. The highest BCUT2D eigenvalue weighted by Crippen LogP contribution is 2.19. The molecule has 0 spiro atoms. The average Bonchev–Trinajstić information content (AvgIpc) is 3.24. The van der Waals surface area contributed by atoms with Gasteiger partial charge >= 0.3 is 0 Å². The number of aromatic nitrogens is 4. The van der Waals surface area contributed by atoms with Crippen LogP contribution in [-0.2, 0) is 0 Å². The van der Waals surface area contributed by atoms with Gasteiger partial charge in [0, 0.05) is 12.7 Å². The Kier molecular flexibility index (Phi) is 4.27. The van der Waals surface area contributed by atoms with Crippen LogP contribution in [0.25, 0.3) is 5.82 Å². The summed E-state index contributed by atoms with van der Waals surface area (Å²) in [6.45, 7) is 2.85. The molecule has 1 amide bonds. The van der Waals surface area contributed by atoms with Crippen molar-refractivity contribution in [3.8, 4) is 5.82 Å². The number of hydrogen-bond donors (Lipinski definition) is 0. The lowest BCUT2D eigenvalue weighted by Gasteiger charge is -2.24. The van der Waals surface area contributed by atoms with Crippen molar-refractivity contribution in [3.05, 3.63) is 48.7 Å². The van der Waals surface area contributed by atoms with Crippen molar-refractivity contribution in [3.63, 3.8) is 0 Å². The monoisotopic (exact) mass is 297 g/mol. The fourth-order valence-electron chi connectivity index (χ4n) is 2.62. The van der Waals surface area contributed by atoms with Crippen LogP contribution >= 0.6 is 0 Å². The predicted molar refractivity (Wildman–Crippen MR) is 82.6 cm³/mol. The molecule has 0 aliphatic carbocycles. The minimum Gasteiger partial charge on any atom is -0.328 e. The standard InChI is InChI=1S/C16H19N5O/c1-2-3-5-14-6-4-9-21(14)16(22)13-7-8-15(17-10-13)20-11-18-19-12-20/h4,6-8,10-12,14H,2-3,5,9H2,1H3/t14-/m0/s1. The second kappa shape index (κ2) is 6.51. The average molecular weight is 297 g/mol. The minimum atomic E-state index is 0.0360. The minimum absolute atomic E-state index is 0.0360. The molecular formula is C16H19N5O. The first kappa shape index (κ1) is 14.4. The van der Waals surface area contributed by atoms with Crippen molar-refractivity contribution in [1.29, 1.82) is 0 Å². The van der Waals surface area contributed by atoms with Crippen molar-refractivity contribution < 1.29 is 4.79 Å². The van der Waals surface area contributed by atoms with Crippen molar-refractivity contribution in [2.24, 2.45) is 0 Å². The van der Waals surface area contributed by atoms with Crippen LogP contribution in [-0.4, -0.2) is 43.1 Å². The Morgan fingerprint density at radius 1 is 1.32 bits per heavy atom. The van der Waals surface area contributed by atoms with E-state index in [4.69, 9.17) is 0 Å².